The fraction of sp³-hybridized carbons (Fsp3) is 0. The van der Waals surface area contributed by atoms with Crippen molar-refractivity contribution < 1.29 is 0 Å². The number of hydrogen-bond donors (Lipinski definition) is 1. The van der Waals surface area contributed by atoms with Crippen molar-refractivity contribution in [2.45, 2.75) is 0 Å². The fourth-order valence-electron chi connectivity index (χ4n) is 2.08. The summed E-state index contributed by atoms with van der Waals surface area (Å²) in [4.78, 5) is 16.7. The predicted octanol–water partition coefficient (Wildman–Crippen LogP) is 1.92. The number of fused-ring (bicyclic) bond motifs is 1. The van der Waals surface area contributed by atoms with Gasteiger partial charge in [0, 0.05) is 10.3 Å². The average Bonchev–Trinajstić information content (AvgIpc) is 3.17. The lowest BCUT2D eigenvalue weighted by Gasteiger charge is -2.05. The maximum atomic E-state index is 5.80. The second-order valence-corrected chi connectivity index (χ2v) is 5.22. The van der Waals surface area contributed by atoms with Gasteiger partial charge in [0.15, 0.2) is 5.82 Å². The fourth-order valence-corrected chi connectivity index (χ4v) is 2.99. The normalized spacial score (nSPS) is 11.0. The van der Waals surface area contributed by atoms with Gasteiger partial charge >= 0.3 is 0 Å². The highest BCUT2D eigenvalue weighted by Crippen LogP contribution is 2.30. The molecule has 102 valence electrons. The molecule has 4 aromatic rings. The van der Waals surface area contributed by atoms with Crippen molar-refractivity contribution in [2.24, 2.45) is 0 Å². The third-order valence-corrected chi connectivity index (χ3v) is 3.95. The molecule has 1 aromatic carbocycles. The van der Waals surface area contributed by atoms with E-state index in [9.17, 15) is 0 Å². The van der Waals surface area contributed by atoms with Gasteiger partial charge in [-0.25, -0.2) is 4.98 Å². The summed E-state index contributed by atoms with van der Waals surface area (Å²) in [6.45, 7) is 0. The van der Waals surface area contributed by atoms with Crippen LogP contribution in [0.1, 0.15) is 0 Å². The SMILES string of the molecule is Nc1nc(-c2cccc3ccsc23)nc(-n2cncn2)n1. The Bertz CT molecular complexity index is 913. The van der Waals surface area contributed by atoms with Crippen molar-refractivity contribution in [3.8, 4) is 17.3 Å². The average molecular weight is 295 g/mol. The summed E-state index contributed by atoms with van der Waals surface area (Å²) in [5.74, 6) is 1.03. The lowest BCUT2D eigenvalue weighted by molar-refractivity contribution is 0.800. The maximum absolute atomic E-state index is 5.80. The van der Waals surface area contributed by atoms with Crippen molar-refractivity contribution in [2.75, 3.05) is 5.73 Å². The molecule has 0 saturated heterocycles. The van der Waals surface area contributed by atoms with Gasteiger partial charge in [-0.2, -0.15) is 24.7 Å². The topological polar surface area (TPSA) is 95.4 Å². The van der Waals surface area contributed by atoms with Gasteiger partial charge in [0.05, 0.1) is 0 Å². The zero-order valence-electron chi connectivity index (χ0n) is 10.7. The molecule has 4 rings (SSSR count). The summed E-state index contributed by atoms with van der Waals surface area (Å²) in [7, 11) is 0. The van der Waals surface area contributed by atoms with E-state index in [1.165, 1.54) is 17.3 Å². The number of nitrogen functional groups attached to an aromatic ring is 1. The Labute approximate surface area is 123 Å². The van der Waals surface area contributed by atoms with Crippen molar-refractivity contribution >= 4 is 27.4 Å². The van der Waals surface area contributed by atoms with E-state index in [4.69, 9.17) is 5.73 Å². The molecule has 0 fully saturated rings. The third-order valence-electron chi connectivity index (χ3n) is 2.98. The minimum absolute atomic E-state index is 0.152. The Hall–Kier alpha value is -2.87. The monoisotopic (exact) mass is 295 g/mol. The molecule has 8 heteroatoms. The molecule has 0 unspecified atom stereocenters. The van der Waals surface area contributed by atoms with E-state index in [-0.39, 0.29) is 5.95 Å². The first-order valence-corrected chi connectivity index (χ1v) is 7.02. The molecule has 21 heavy (non-hydrogen) atoms. The number of rotatable bonds is 2. The minimum atomic E-state index is 0.152. The number of thiophene rings is 1. The predicted molar refractivity (Wildman–Crippen MR) is 80.0 cm³/mol. The molecule has 0 saturated carbocycles. The quantitative estimate of drug-likeness (QED) is 0.607. The Morgan fingerprint density at radius 1 is 1.10 bits per heavy atom. The highest BCUT2D eigenvalue weighted by molar-refractivity contribution is 7.17. The summed E-state index contributed by atoms with van der Waals surface area (Å²) in [5.41, 5.74) is 6.73. The summed E-state index contributed by atoms with van der Waals surface area (Å²) >= 11 is 1.64. The van der Waals surface area contributed by atoms with Gasteiger partial charge in [0.25, 0.3) is 5.95 Å². The van der Waals surface area contributed by atoms with E-state index < -0.39 is 0 Å². The van der Waals surface area contributed by atoms with Crippen LogP contribution in [0.2, 0.25) is 0 Å². The van der Waals surface area contributed by atoms with Crippen LogP contribution in [0.3, 0.4) is 0 Å². The Morgan fingerprint density at radius 2 is 2.05 bits per heavy atom. The van der Waals surface area contributed by atoms with Crippen LogP contribution in [-0.4, -0.2) is 29.7 Å². The first-order valence-electron chi connectivity index (χ1n) is 6.14. The third kappa shape index (κ3) is 2.01. The van der Waals surface area contributed by atoms with Crippen LogP contribution in [0.25, 0.3) is 27.4 Å². The molecule has 0 amide bonds. The Kier molecular flexibility index (Phi) is 2.61. The second-order valence-electron chi connectivity index (χ2n) is 4.30. The molecule has 0 spiro atoms. The molecular formula is C13H9N7S. The van der Waals surface area contributed by atoms with E-state index in [2.05, 4.69) is 37.2 Å². The number of nitrogens with zero attached hydrogens (tertiary/aromatic N) is 6. The molecule has 3 aromatic heterocycles. The zero-order valence-corrected chi connectivity index (χ0v) is 11.5. The van der Waals surface area contributed by atoms with Crippen LogP contribution in [0.4, 0.5) is 5.95 Å². The molecular weight excluding hydrogens is 286 g/mol. The van der Waals surface area contributed by atoms with Crippen molar-refractivity contribution in [1.82, 2.24) is 29.7 Å². The zero-order chi connectivity index (χ0) is 14.2. The first kappa shape index (κ1) is 11.9. The lowest BCUT2D eigenvalue weighted by Crippen LogP contribution is -2.08. The highest BCUT2D eigenvalue weighted by atomic mass is 32.1. The molecule has 3 heterocycles. The van der Waals surface area contributed by atoms with Crippen LogP contribution >= 0.6 is 11.3 Å². The molecule has 0 aliphatic carbocycles. The number of nitrogens with two attached hydrogens (primary N) is 1. The van der Waals surface area contributed by atoms with Gasteiger partial charge in [0.1, 0.15) is 12.7 Å². The first-order chi connectivity index (χ1) is 10.3. The minimum Gasteiger partial charge on any atom is -0.368 e. The molecule has 0 aliphatic rings. The van der Waals surface area contributed by atoms with E-state index in [0.717, 1.165) is 15.6 Å². The van der Waals surface area contributed by atoms with E-state index >= 15 is 0 Å². The lowest BCUT2D eigenvalue weighted by atomic mass is 10.1. The number of aromatic nitrogens is 6. The summed E-state index contributed by atoms with van der Waals surface area (Å²) in [6.07, 6.45) is 2.93. The summed E-state index contributed by atoms with van der Waals surface area (Å²) in [5, 5.41) is 7.20. The number of anilines is 1. The van der Waals surface area contributed by atoms with Crippen LogP contribution in [-0.2, 0) is 0 Å². The van der Waals surface area contributed by atoms with Gasteiger partial charge in [-0.3, -0.25) is 0 Å². The Morgan fingerprint density at radius 3 is 2.90 bits per heavy atom. The Balaban J connectivity index is 1.95. The van der Waals surface area contributed by atoms with Crippen molar-refractivity contribution in [3.63, 3.8) is 0 Å². The van der Waals surface area contributed by atoms with Gasteiger partial charge in [-0.05, 0) is 22.9 Å². The van der Waals surface area contributed by atoms with Crippen molar-refractivity contribution in [3.05, 3.63) is 42.3 Å². The van der Waals surface area contributed by atoms with Crippen LogP contribution < -0.4 is 5.73 Å². The van der Waals surface area contributed by atoms with Crippen LogP contribution in [0.5, 0.6) is 0 Å². The largest absolute Gasteiger partial charge is 0.368 e. The highest BCUT2D eigenvalue weighted by Gasteiger charge is 2.12. The second kappa shape index (κ2) is 4.60. The van der Waals surface area contributed by atoms with Gasteiger partial charge in [0.2, 0.25) is 5.95 Å². The molecule has 7 nitrogen and oxygen atoms in total. The van der Waals surface area contributed by atoms with Gasteiger partial charge in [-0.15, -0.1) is 11.3 Å². The van der Waals surface area contributed by atoms with E-state index in [0.29, 0.717) is 11.8 Å². The molecule has 0 aliphatic heterocycles. The van der Waals surface area contributed by atoms with Crippen LogP contribution in [0.15, 0.2) is 42.3 Å². The maximum Gasteiger partial charge on any atom is 0.257 e. The van der Waals surface area contributed by atoms with Gasteiger partial charge < -0.3 is 5.73 Å². The molecule has 0 bridgehead atoms. The van der Waals surface area contributed by atoms with E-state index in [1.54, 1.807) is 11.3 Å². The van der Waals surface area contributed by atoms with Gasteiger partial charge in [-0.1, -0.05) is 12.1 Å². The number of benzene rings is 1. The standard InChI is InChI=1S/C13H9N7S/c14-12-17-11(18-13(19-12)20-7-15-6-16-20)9-3-1-2-8-4-5-21-10(8)9/h1-7H,(H2,14,17,18,19). The molecule has 2 N–H and O–H groups in total. The summed E-state index contributed by atoms with van der Waals surface area (Å²) < 4.78 is 2.57. The smallest absolute Gasteiger partial charge is 0.257 e. The van der Waals surface area contributed by atoms with Crippen LogP contribution in [0, 0.1) is 0 Å². The van der Waals surface area contributed by atoms with E-state index in [1.807, 2.05) is 17.5 Å². The summed E-state index contributed by atoms with van der Waals surface area (Å²) in [6, 6.07) is 8.06. The number of hydrogen-bond acceptors (Lipinski definition) is 7. The van der Waals surface area contributed by atoms with Crippen molar-refractivity contribution in [1.29, 1.82) is 0 Å². The molecule has 0 radical (unpaired) electrons. The molecule has 0 atom stereocenters.